The predicted molar refractivity (Wildman–Crippen MR) is 58.4 cm³/mol. The van der Waals surface area contributed by atoms with Crippen LogP contribution >= 0.6 is 0 Å². The van der Waals surface area contributed by atoms with E-state index in [2.05, 4.69) is 44.4 Å². The van der Waals surface area contributed by atoms with Crippen LogP contribution in [-0.4, -0.2) is 41.8 Å². The van der Waals surface area contributed by atoms with Gasteiger partial charge < -0.3 is 5.73 Å². The molecule has 2 N–H and O–H groups in total. The Morgan fingerprint density at radius 3 is 1.23 bits per heavy atom. The van der Waals surface area contributed by atoms with E-state index in [1.165, 1.54) is 0 Å². The van der Waals surface area contributed by atoms with Crippen LogP contribution < -0.4 is 5.73 Å². The minimum atomic E-state index is -0.299. The Hall–Kier alpha value is -0.120. The van der Waals surface area contributed by atoms with Crippen LogP contribution in [0.3, 0.4) is 0 Å². The van der Waals surface area contributed by atoms with E-state index in [4.69, 9.17) is 5.73 Å². The summed E-state index contributed by atoms with van der Waals surface area (Å²) in [6.07, 6.45) is 0. The second kappa shape index (κ2) is 5.58. The zero-order chi connectivity index (χ0) is 10.5. The maximum Gasteiger partial charge on any atom is 0.123 e. The van der Waals surface area contributed by atoms with Gasteiger partial charge in [0.05, 0.1) is 0 Å². The van der Waals surface area contributed by atoms with Crippen LogP contribution in [0.5, 0.6) is 0 Å². The Morgan fingerprint density at radius 2 is 1.08 bits per heavy atom. The molecule has 0 spiro atoms. The van der Waals surface area contributed by atoms with Crippen LogP contribution in [0.4, 0.5) is 0 Å². The largest absolute Gasteiger partial charge is 0.301 e. The van der Waals surface area contributed by atoms with Gasteiger partial charge in [0.25, 0.3) is 0 Å². The second-order valence-corrected chi connectivity index (χ2v) is 3.44. The van der Waals surface area contributed by atoms with Gasteiger partial charge in [-0.15, -0.1) is 0 Å². The van der Waals surface area contributed by atoms with E-state index in [9.17, 15) is 0 Å². The Bertz CT molecular complexity index is 112. The molecular formula is C10H25N3. The van der Waals surface area contributed by atoms with E-state index < -0.39 is 0 Å². The van der Waals surface area contributed by atoms with Gasteiger partial charge >= 0.3 is 0 Å². The van der Waals surface area contributed by atoms with Crippen molar-refractivity contribution in [2.45, 2.75) is 40.4 Å². The lowest BCUT2D eigenvalue weighted by molar-refractivity contribution is -0.0308. The standard InChI is InChI=1S/C10H25N3/c1-6-12(7-2)10(5,11)13(8-3)9-4/h6-9,11H2,1-5H3. The van der Waals surface area contributed by atoms with E-state index in [1.807, 2.05) is 0 Å². The van der Waals surface area contributed by atoms with Gasteiger partial charge in [-0.2, -0.15) is 0 Å². The molecule has 13 heavy (non-hydrogen) atoms. The molecule has 0 aromatic rings. The molecular weight excluding hydrogens is 162 g/mol. The van der Waals surface area contributed by atoms with Gasteiger partial charge in [0, 0.05) is 0 Å². The van der Waals surface area contributed by atoms with Crippen molar-refractivity contribution in [2.75, 3.05) is 26.2 Å². The SMILES string of the molecule is CCN(CC)C(C)(N)N(CC)CC. The molecule has 0 aliphatic carbocycles. The Labute approximate surface area is 82.9 Å². The van der Waals surface area contributed by atoms with Crippen molar-refractivity contribution in [3.8, 4) is 0 Å². The first-order chi connectivity index (χ1) is 6.04. The highest BCUT2D eigenvalue weighted by Gasteiger charge is 2.29. The summed E-state index contributed by atoms with van der Waals surface area (Å²) in [5.74, 6) is -0.299. The number of rotatable bonds is 6. The van der Waals surface area contributed by atoms with Crippen molar-refractivity contribution in [3.05, 3.63) is 0 Å². The molecule has 0 aromatic carbocycles. The van der Waals surface area contributed by atoms with Crippen LogP contribution in [0, 0.1) is 0 Å². The first-order valence-corrected chi connectivity index (χ1v) is 5.33. The maximum atomic E-state index is 6.30. The number of nitrogens with zero attached hydrogens (tertiary/aromatic N) is 2. The molecule has 0 saturated heterocycles. The van der Waals surface area contributed by atoms with Crippen molar-refractivity contribution in [2.24, 2.45) is 5.73 Å². The van der Waals surface area contributed by atoms with E-state index in [0.717, 1.165) is 26.2 Å². The van der Waals surface area contributed by atoms with Crippen molar-refractivity contribution in [1.29, 1.82) is 0 Å². The van der Waals surface area contributed by atoms with Crippen LogP contribution in [0.15, 0.2) is 0 Å². The molecule has 0 aromatic heterocycles. The molecule has 80 valence electrons. The molecule has 0 unspecified atom stereocenters. The third kappa shape index (κ3) is 2.93. The summed E-state index contributed by atoms with van der Waals surface area (Å²) in [5.41, 5.74) is 6.30. The van der Waals surface area contributed by atoms with Gasteiger partial charge in [0.15, 0.2) is 0 Å². The van der Waals surface area contributed by atoms with Crippen molar-refractivity contribution in [1.82, 2.24) is 9.80 Å². The monoisotopic (exact) mass is 187 g/mol. The summed E-state index contributed by atoms with van der Waals surface area (Å²) in [7, 11) is 0. The lowest BCUT2D eigenvalue weighted by atomic mass is 10.2. The highest BCUT2D eigenvalue weighted by Crippen LogP contribution is 2.13. The molecule has 0 saturated carbocycles. The molecule has 0 aliphatic rings. The quantitative estimate of drug-likeness (QED) is 0.636. The summed E-state index contributed by atoms with van der Waals surface area (Å²) >= 11 is 0. The molecule has 0 bridgehead atoms. The molecule has 0 fully saturated rings. The van der Waals surface area contributed by atoms with Gasteiger partial charge in [0.2, 0.25) is 0 Å². The summed E-state index contributed by atoms with van der Waals surface area (Å²) in [4.78, 5) is 4.56. The number of nitrogens with two attached hydrogens (primary N) is 1. The third-order valence-electron chi connectivity index (χ3n) is 2.81. The summed E-state index contributed by atoms with van der Waals surface area (Å²) < 4.78 is 0. The van der Waals surface area contributed by atoms with Gasteiger partial charge in [-0.25, -0.2) is 0 Å². The number of hydrogen-bond donors (Lipinski definition) is 1. The molecule has 0 aliphatic heterocycles. The van der Waals surface area contributed by atoms with Crippen LogP contribution in [0.2, 0.25) is 0 Å². The fourth-order valence-electron chi connectivity index (χ4n) is 1.93. The normalized spacial score (nSPS) is 12.9. The highest BCUT2D eigenvalue weighted by atomic mass is 15.5. The minimum Gasteiger partial charge on any atom is -0.301 e. The fourth-order valence-corrected chi connectivity index (χ4v) is 1.93. The molecule has 0 amide bonds. The van der Waals surface area contributed by atoms with Gasteiger partial charge in [0.1, 0.15) is 5.79 Å². The molecule has 0 radical (unpaired) electrons. The lowest BCUT2D eigenvalue weighted by Crippen LogP contribution is -2.64. The van der Waals surface area contributed by atoms with Crippen LogP contribution in [0.25, 0.3) is 0 Å². The summed E-state index contributed by atoms with van der Waals surface area (Å²) in [6.45, 7) is 14.7. The average molecular weight is 187 g/mol. The minimum absolute atomic E-state index is 0.299. The zero-order valence-corrected chi connectivity index (χ0v) is 9.80. The molecule has 0 heterocycles. The fraction of sp³-hybridized carbons (Fsp3) is 1.00. The first-order valence-electron chi connectivity index (χ1n) is 5.33. The van der Waals surface area contributed by atoms with Gasteiger partial charge in [-0.3, -0.25) is 9.80 Å². The Kier molecular flexibility index (Phi) is 5.53. The molecule has 3 nitrogen and oxygen atoms in total. The molecule has 3 heteroatoms. The summed E-state index contributed by atoms with van der Waals surface area (Å²) in [5, 5.41) is 0. The third-order valence-corrected chi connectivity index (χ3v) is 2.81. The lowest BCUT2D eigenvalue weighted by Gasteiger charge is -2.44. The van der Waals surface area contributed by atoms with Gasteiger partial charge in [-0.1, -0.05) is 27.7 Å². The maximum absolute atomic E-state index is 6.30. The van der Waals surface area contributed by atoms with Crippen LogP contribution in [0.1, 0.15) is 34.6 Å². The van der Waals surface area contributed by atoms with E-state index >= 15 is 0 Å². The second-order valence-electron chi connectivity index (χ2n) is 3.44. The summed E-state index contributed by atoms with van der Waals surface area (Å²) in [6, 6.07) is 0. The van der Waals surface area contributed by atoms with E-state index in [1.54, 1.807) is 0 Å². The van der Waals surface area contributed by atoms with E-state index in [0.29, 0.717) is 0 Å². The highest BCUT2D eigenvalue weighted by molar-refractivity contribution is 4.78. The Balaban J connectivity index is 4.48. The zero-order valence-electron chi connectivity index (χ0n) is 9.80. The van der Waals surface area contributed by atoms with Gasteiger partial charge in [-0.05, 0) is 33.1 Å². The number of hydrogen-bond acceptors (Lipinski definition) is 3. The van der Waals surface area contributed by atoms with Crippen LogP contribution in [-0.2, 0) is 0 Å². The van der Waals surface area contributed by atoms with E-state index in [-0.39, 0.29) is 5.79 Å². The van der Waals surface area contributed by atoms with Crippen molar-refractivity contribution in [3.63, 3.8) is 0 Å². The smallest absolute Gasteiger partial charge is 0.123 e. The van der Waals surface area contributed by atoms with Crippen molar-refractivity contribution < 1.29 is 0 Å². The molecule has 0 atom stereocenters. The average Bonchev–Trinajstić information content (AvgIpc) is 2.07. The molecule has 0 rings (SSSR count). The predicted octanol–water partition coefficient (Wildman–Crippen LogP) is 1.30. The topological polar surface area (TPSA) is 32.5 Å². The Morgan fingerprint density at radius 1 is 0.846 bits per heavy atom. The first kappa shape index (κ1) is 12.9. The van der Waals surface area contributed by atoms with Crippen molar-refractivity contribution >= 4 is 0 Å².